The topological polar surface area (TPSA) is 125 Å². The molecule has 0 saturated carbocycles. The molecular weight excluding hydrogens is 492 g/mol. The Labute approximate surface area is 233 Å². The Morgan fingerprint density at radius 1 is 0.872 bits per heavy atom. The smallest absolute Gasteiger partial charge is 0.161 e. The molecule has 3 atom stereocenters. The van der Waals surface area contributed by atoms with Crippen LogP contribution in [0.4, 0.5) is 0 Å². The normalized spacial score (nSPS) is 13.9. The van der Waals surface area contributed by atoms with E-state index in [2.05, 4.69) is 30.1 Å². The van der Waals surface area contributed by atoms with E-state index in [9.17, 15) is 15.3 Å². The molecule has 39 heavy (non-hydrogen) atoms. The molecule has 0 aliphatic rings. The summed E-state index contributed by atoms with van der Waals surface area (Å²) >= 11 is 0. The van der Waals surface area contributed by atoms with E-state index in [-0.39, 0.29) is 11.7 Å². The summed E-state index contributed by atoms with van der Waals surface area (Å²) in [6.45, 7) is 4.96. The van der Waals surface area contributed by atoms with Gasteiger partial charge in [-0.2, -0.15) is 0 Å². The van der Waals surface area contributed by atoms with Gasteiger partial charge in [-0.1, -0.05) is 32.3 Å². The lowest BCUT2D eigenvalue weighted by Gasteiger charge is -2.16. The molecule has 0 spiro atoms. The first-order valence-corrected chi connectivity index (χ1v) is 14.6. The fourth-order valence-corrected chi connectivity index (χ4v) is 4.75. The minimum Gasteiger partial charge on any atom is -0.504 e. The van der Waals surface area contributed by atoms with Gasteiger partial charge in [-0.15, -0.1) is 0 Å². The second-order valence-electron chi connectivity index (χ2n) is 10.8. The van der Waals surface area contributed by atoms with Gasteiger partial charge >= 0.3 is 0 Å². The Bertz CT molecular complexity index is 1090. The summed E-state index contributed by atoms with van der Waals surface area (Å²) < 4.78 is 12.0. The van der Waals surface area contributed by atoms with E-state index < -0.39 is 12.2 Å². The highest BCUT2D eigenvalue weighted by molar-refractivity contribution is 5.42. The molecule has 2 heterocycles. The SMILES string of the molecule is C[C@H](O)[C@H](O)CC[C@H](C)c1c[nH]c(CCOc2cc(CCc3ccc(CCCCCCCN)o3)ccc2O)c1. The number of hydrogen-bond acceptors (Lipinski definition) is 6. The third kappa shape index (κ3) is 10.7. The van der Waals surface area contributed by atoms with Crippen molar-refractivity contribution in [2.45, 2.75) is 103 Å². The molecule has 0 bridgehead atoms. The third-order valence-electron chi connectivity index (χ3n) is 7.44. The third-order valence-corrected chi connectivity index (χ3v) is 7.44. The molecule has 0 aliphatic carbocycles. The molecule has 6 N–H and O–H groups in total. The number of aromatic amines is 1. The van der Waals surface area contributed by atoms with Gasteiger partial charge in [0.1, 0.15) is 11.5 Å². The maximum Gasteiger partial charge on any atom is 0.161 e. The lowest BCUT2D eigenvalue weighted by Crippen LogP contribution is -2.22. The van der Waals surface area contributed by atoms with Crippen molar-refractivity contribution in [2.75, 3.05) is 13.2 Å². The number of benzene rings is 1. The van der Waals surface area contributed by atoms with Gasteiger partial charge in [0.2, 0.25) is 0 Å². The molecule has 0 unspecified atom stereocenters. The van der Waals surface area contributed by atoms with Gasteiger partial charge in [0, 0.05) is 31.2 Å². The summed E-state index contributed by atoms with van der Waals surface area (Å²) in [6.07, 6.45) is 11.2. The predicted octanol–water partition coefficient (Wildman–Crippen LogP) is 5.80. The Morgan fingerprint density at radius 3 is 2.38 bits per heavy atom. The Kier molecular flexibility index (Phi) is 12.9. The first-order valence-electron chi connectivity index (χ1n) is 14.6. The van der Waals surface area contributed by atoms with Gasteiger partial charge < -0.3 is 35.2 Å². The summed E-state index contributed by atoms with van der Waals surface area (Å²) in [7, 11) is 0. The molecular formula is C32H48N2O5. The minimum atomic E-state index is -0.708. The van der Waals surface area contributed by atoms with Crippen molar-refractivity contribution in [3.05, 3.63) is 70.9 Å². The largest absolute Gasteiger partial charge is 0.504 e. The average Bonchev–Trinajstić information content (AvgIpc) is 3.59. The number of phenolic OH excluding ortho intramolecular Hbond substituents is 1. The van der Waals surface area contributed by atoms with Crippen LogP contribution in [0, 0.1) is 0 Å². The van der Waals surface area contributed by atoms with Crippen molar-refractivity contribution in [2.24, 2.45) is 5.73 Å². The number of aromatic hydroxyl groups is 1. The van der Waals surface area contributed by atoms with Crippen molar-refractivity contribution in [1.29, 1.82) is 0 Å². The van der Waals surface area contributed by atoms with Gasteiger partial charge in [0.05, 0.1) is 18.8 Å². The van der Waals surface area contributed by atoms with Crippen LogP contribution in [0.25, 0.3) is 0 Å². The molecule has 0 radical (unpaired) electrons. The van der Waals surface area contributed by atoms with Gasteiger partial charge in [0.15, 0.2) is 11.5 Å². The van der Waals surface area contributed by atoms with E-state index in [1.54, 1.807) is 13.0 Å². The number of nitrogens with one attached hydrogen (secondary N) is 1. The first-order chi connectivity index (χ1) is 18.9. The Morgan fingerprint density at radius 2 is 1.62 bits per heavy atom. The molecule has 0 aliphatic heterocycles. The zero-order valence-electron chi connectivity index (χ0n) is 23.7. The number of rotatable bonds is 19. The molecule has 3 aromatic rings. The molecule has 3 rings (SSSR count). The fraction of sp³-hybridized carbons (Fsp3) is 0.562. The van der Waals surface area contributed by atoms with Gasteiger partial charge in [-0.3, -0.25) is 0 Å². The highest BCUT2D eigenvalue weighted by Crippen LogP contribution is 2.28. The number of nitrogens with two attached hydrogens (primary N) is 1. The number of aromatic nitrogens is 1. The van der Waals surface area contributed by atoms with Crippen LogP contribution in [-0.4, -0.2) is 45.7 Å². The standard InChI is InChI=1S/C32H48N2O5/c1-23(9-15-30(36)24(2)35)26-21-27(34-22-26)17-19-38-32-20-25(11-16-31(32)37)10-12-29-14-13-28(39-29)8-6-4-3-5-7-18-33/h11,13-14,16,20-24,30,34-37H,3-10,12,15,17-19,33H2,1-2H3/t23-,24-,30+/m0/s1. The molecule has 0 fully saturated rings. The maximum absolute atomic E-state index is 10.3. The number of ether oxygens (including phenoxy) is 1. The summed E-state index contributed by atoms with van der Waals surface area (Å²) in [6, 6.07) is 11.8. The highest BCUT2D eigenvalue weighted by Gasteiger charge is 2.15. The van der Waals surface area contributed by atoms with Crippen molar-refractivity contribution in [3.63, 3.8) is 0 Å². The lowest BCUT2D eigenvalue weighted by molar-refractivity contribution is 0.0242. The van der Waals surface area contributed by atoms with Crippen LogP contribution in [0.3, 0.4) is 0 Å². The number of unbranched alkanes of at least 4 members (excludes halogenated alkanes) is 4. The summed E-state index contributed by atoms with van der Waals surface area (Å²) in [5.74, 6) is 2.96. The Hall–Kier alpha value is -2.74. The van der Waals surface area contributed by atoms with Crippen LogP contribution < -0.4 is 10.5 Å². The van der Waals surface area contributed by atoms with Crippen molar-refractivity contribution in [3.8, 4) is 11.5 Å². The second-order valence-corrected chi connectivity index (χ2v) is 10.8. The predicted molar refractivity (Wildman–Crippen MR) is 155 cm³/mol. The quantitative estimate of drug-likeness (QED) is 0.122. The monoisotopic (exact) mass is 540 g/mol. The van der Waals surface area contributed by atoms with Crippen molar-refractivity contribution in [1.82, 2.24) is 4.98 Å². The van der Waals surface area contributed by atoms with Crippen LogP contribution in [0.2, 0.25) is 0 Å². The molecule has 1 aromatic carbocycles. The zero-order chi connectivity index (χ0) is 28.0. The summed E-state index contributed by atoms with van der Waals surface area (Å²) in [5, 5.41) is 29.6. The van der Waals surface area contributed by atoms with Crippen LogP contribution in [0.5, 0.6) is 11.5 Å². The van der Waals surface area contributed by atoms with Crippen LogP contribution in [0.15, 0.2) is 47.0 Å². The number of H-pyrrole nitrogens is 1. The zero-order valence-corrected chi connectivity index (χ0v) is 23.7. The number of furan rings is 1. The summed E-state index contributed by atoms with van der Waals surface area (Å²) in [5.41, 5.74) is 8.88. The van der Waals surface area contributed by atoms with Crippen LogP contribution in [-0.2, 0) is 25.7 Å². The van der Waals surface area contributed by atoms with E-state index >= 15 is 0 Å². The van der Waals surface area contributed by atoms with E-state index in [1.165, 1.54) is 24.8 Å². The number of hydrogen-bond donors (Lipinski definition) is 5. The van der Waals surface area contributed by atoms with Crippen LogP contribution >= 0.6 is 0 Å². The van der Waals surface area contributed by atoms with Crippen LogP contribution in [0.1, 0.15) is 93.1 Å². The minimum absolute atomic E-state index is 0.142. The number of phenols is 1. The van der Waals surface area contributed by atoms with Crippen molar-refractivity contribution >= 4 is 0 Å². The van der Waals surface area contributed by atoms with Gasteiger partial charge in [0.25, 0.3) is 0 Å². The molecule has 7 heteroatoms. The summed E-state index contributed by atoms with van der Waals surface area (Å²) in [4.78, 5) is 3.30. The van der Waals surface area contributed by atoms with Gasteiger partial charge in [-0.05, 0) is 92.9 Å². The molecule has 7 nitrogen and oxygen atoms in total. The van der Waals surface area contributed by atoms with E-state index in [0.717, 1.165) is 67.8 Å². The Balaban J connectivity index is 1.40. The fourth-order valence-electron chi connectivity index (χ4n) is 4.75. The van der Waals surface area contributed by atoms with E-state index in [1.807, 2.05) is 18.3 Å². The molecule has 0 saturated heterocycles. The van der Waals surface area contributed by atoms with Crippen molar-refractivity contribution < 1.29 is 24.5 Å². The number of aliphatic hydroxyl groups is 2. The van der Waals surface area contributed by atoms with E-state index in [4.69, 9.17) is 14.9 Å². The molecule has 0 amide bonds. The molecule has 2 aromatic heterocycles. The first kappa shape index (κ1) is 30.8. The lowest BCUT2D eigenvalue weighted by atomic mass is 9.95. The average molecular weight is 541 g/mol. The van der Waals surface area contributed by atoms with Gasteiger partial charge in [-0.25, -0.2) is 0 Å². The molecule has 216 valence electrons. The second kappa shape index (κ2) is 16.4. The number of aliphatic hydroxyl groups excluding tert-OH is 2. The van der Waals surface area contributed by atoms with E-state index in [0.29, 0.717) is 25.2 Å². The highest BCUT2D eigenvalue weighted by atomic mass is 16.5. The maximum atomic E-state index is 10.3. The number of aryl methyl sites for hydroxylation is 3.